The number of rotatable bonds is 4. The van der Waals surface area contributed by atoms with E-state index in [-0.39, 0.29) is 0 Å². The van der Waals surface area contributed by atoms with Crippen LogP contribution in [0.5, 0.6) is 0 Å². The van der Waals surface area contributed by atoms with Gasteiger partial charge in [-0.1, -0.05) is 34.5 Å². The second-order valence-corrected chi connectivity index (χ2v) is 9.81. The van der Waals surface area contributed by atoms with E-state index in [0.29, 0.717) is 8.67 Å². The predicted molar refractivity (Wildman–Crippen MR) is 110 cm³/mol. The van der Waals surface area contributed by atoms with Crippen LogP contribution in [0.15, 0.2) is 34.5 Å². The highest BCUT2D eigenvalue weighted by Gasteiger charge is 2.13. The van der Waals surface area contributed by atoms with E-state index >= 15 is 0 Å². The minimum atomic E-state index is 0.654. The smallest absolute Gasteiger partial charge is 0.190 e. The maximum atomic E-state index is 6.20. The summed E-state index contributed by atoms with van der Waals surface area (Å²) in [6, 6.07) is 8.13. The van der Waals surface area contributed by atoms with Crippen LogP contribution < -0.4 is 5.32 Å². The molecule has 0 radical (unpaired) electrons. The largest absolute Gasteiger partial charge is 0.307 e. The van der Waals surface area contributed by atoms with Gasteiger partial charge in [-0.25, -0.2) is 9.97 Å². The van der Waals surface area contributed by atoms with Gasteiger partial charge in [0.1, 0.15) is 4.34 Å². The first-order chi connectivity index (χ1) is 11.6. The predicted octanol–water partition coefficient (Wildman–Crippen LogP) is 7.25. The second kappa shape index (κ2) is 6.82. The van der Waals surface area contributed by atoms with Crippen molar-refractivity contribution >= 4 is 89.5 Å². The standard InChI is InChI=1S/C15H9Cl2N3S4/c1-21-7-2-3-9-11(4-7)23-15(18-9)20-14-19-10(6-22-14)8-5-12(16)24-13(8)17/h2-6H,1H3,(H,18,19,20). The zero-order valence-electron chi connectivity index (χ0n) is 12.2. The molecule has 0 aliphatic carbocycles. The average molecular weight is 430 g/mol. The topological polar surface area (TPSA) is 37.8 Å². The molecule has 0 atom stereocenters. The molecule has 3 nitrogen and oxygen atoms in total. The molecular weight excluding hydrogens is 421 g/mol. The minimum absolute atomic E-state index is 0.654. The number of thioether (sulfide) groups is 1. The number of nitrogens with zero attached hydrogens (tertiary/aromatic N) is 2. The van der Waals surface area contributed by atoms with Gasteiger partial charge in [0.15, 0.2) is 10.3 Å². The quantitative estimate of drug-likeness (QED) is 0.346. The van der Waals surface area contributed by atoms with E-state index in [4.69, 9.17) is 23.2 Å². The summed E-state index contributed by atoms with van der Waals surface area (Å²) >= 11 is 18.4. The third-order valence-corrected chi connectivity index (χ3v) is 7.15. The van der Waals surface area contributed by atoms with Gasteiger partial charge >= 0.3 is 0 Å². The molecule has 0 aliphatic heterocycles. The van der Waals surface area contributed by atoms with E-state index in [0.717, 1.165) is 31.7 Å². The molecular formula is C15H9Cl2N3S4. The van der Waals surface area contributed by atoms with Crippen molar-refractivity contribution in [3.63, 3.8) is 0 Å². The monoisotopic (exact) mass is 429 g/mol. The summed E-state index contributed by atoms with van der Waals surface area (Å²) in [5, 5.41) is 6.86. The van der Waals surface area contributed by atoms with Crippen molar-refractivity contribution in [2.45, 2.75) is 4.90 Å². The fourth-order valence-electron chi connectivity index (χ4n) is 2.15. The van der Waals surface area contributed by atoms with Crippen molar-refractivity contribution in [3.05, 3.63) is 38.3 Å². The van der Waals surface area contributed by atoms with Crippen LogP contribution in [-0.4, -0.2) is 16.2 Å². The summed E-state index contributed by atoms with van der Waals surface area (Å²) in [5.74, 6) is 0. The molecule has 24 heavy (non-hydrogen) atoms. The molecule has 0 saturated heterocycles. The third kappa shape index (κ3) is 3.29. The summed E-state index contributed by atoms with van der Waals surface area (Å²) in [7, 11) is 0. The molecule has 1 aromatic carbocycles. The lowest BCUT2D eigenvalue weighted by Gasteiger charge is -1.95. The van der Waals surface area contributed by atoms with Crippen LogP contribution in [0.3, 0.4) is 0 Å². The maximum absolute atomic E-state index is 6.20. The second-order valence-electron chi connectivity index (χ2n) is 4.75. The van der Waals surface area contributed by atoms with Crippen LogP contribution in [0.25, 0.3) is 21.5 Å². The Morgan fingerprint density at radius 2 is 1.96 bits per heavy atom. The van der Waals surface area contributed by atoms with Gasteiger partial charge in [0, 0.05) is 15.8 Å². The Hall–Kier alpha value is -0.830. The van der Waals surface area contributed by atoms with Gasteiger partial charge in [-0.05, 0) is 30.5 Å². The number of aromatic nitrogens is 2. The first-order valence-corrected chi connectivity index (χ1v) is 11.2. The first kappa shape index (κ1) is 16.6. The molecule has 122 valence electrons. The van der Waals surface area contributed by atoms with Crippen LogP contribution in [0.1, 0.15) is 0 Å². The zero-order chi connectivity index (χ0) is 16.7. The van der Waals surface area contributed by atoms with Crippen LogP contribution in [-0.2, 0) is 0 Å². The van der Waals surface area contributed by atoms with Gasteiger partial charge in [0.2, 0.25) is 0 Å². The summed E-state index contributed by atoms with van der Waals surface area (Å²) in [6.07, 6.45) is 2.07. The van der Waals surface area contributed by atoms with Crippen molar-refractivity contribution in [2.24, 2.45) is 0 Å². The molecule has 3 aromatic heterocycles. The Morgan fingerprint density at radius 3 is 2.71 bits per heavy atom. The molecule has 0 fully saturated rings. The summed E-state index contributed by atoms with van der Waals surface area (Å²) in [6.45, 7) is 0. The Kier molecular flexibility index (Phi) is 4.73. The van der Waals surface area contributed by atoms with Gasteiger partial charge in [-0.15, -0.1) is 34.4 Å². The number of thiophene rings is 1. The third-order valence-electron chi connectivity index (χ3n) is 3.25. The maximum Gasteiger partial charge on any atom is 0.190 e. The van der Waals surface area contributed by atoms with E-state index in [1.807, 2.05) is 17.5 Å². The molecule has 0 spiro atoms. The zero-order valence-corrected chi connectivity index (χ0v) is 16.9. The fraction of sp³-hybridized carbons (Fsp3) is 0.0667. The lowest BCUT2D eigenvalue weighted by Crippen LogP contribution is -1.88. The number of halogens is 2. The molecule has 4 aromatic rings. The minimum Gasteiger partial charge on any atom is -0.307 e. The van der Waals surface area contributed by atoms with E-state index in [9.17, 15) is 0 Å². The molecule has 9 heteroatoms. The number of hydrogen-bond acceptors (Lipinski definition) is 7. The molecule has 1 N–H and O–H groups in total. The first-order valence-electron chi connectivity index (χ1n) is 6.75. The SMILES string of the molecule is CSc1ccc2nc(Nc3nc(-c4cc(Cl)sc4Cl)cs3)sc2c1. The van der Waals surface area contributed by atoms with Gasteiger partial charge in [0.05, 0.1) is 20.2 Å². The van der Waals surface area contributed by atoms with Gasteiger partial charge < -0.3 is 5.32 Å². The van der Waals surface area contributed by atoms with Crippen LogP contribution in [0.4, 0.5) is 10.3 Å². The van der Waals surface area contributed by atoms with Crippen molar-refractivity contribution in [1.29, 1.82) is 0 Å². The Morgan fingerprint density at radius 1 is 1.08 bits per heavy atom. The summed E-state index contributed by atoms with van der Waals surface area (Å²) < 4.78 is 2.48. The fourth-order valence-corrected chi connectivity index (χ4v) is 5.82. The number of nitrogens with one attached hydrogen (secondary N) is 1. The molecule has 0 saturated carbocycles. The van der Waals surface area contributed by atoms with Gasteiger partial charge in [-0.2, -0.15) is 0 Å². The number of benzene rings is 1. The highest BCUT2D eigenvalue weighted by atomic mass is 35.5. The van der Waals surface area contributed by atoms with Crippen LogP contribution >= 0.6 is 69.0 Å². The van der Waals surface area contributed by atoms with E-state index < -0.39 is 0 Å². The number of fused-ring (bicyclic) bond motifs is 1. The lowest BCUT2D eigenvalue weighted by atomic mass is 10.3. The molecule has 3 heterocycles. The van der Waals surface area contributed by atoms with Crippen molar-refractivity contribution in [2.75, 3.05) is 11.6 Å². The van der Waals surface area contributed by atoms with Crippen LogP contribution in [0, 0.1) is 0 Å². The van der Waals surface area contributed by atoms with Gasteiger partial charge in [0.25, 0.3) is 0 Å². The normalized spacial score (nSPS) is 11.3. The Labute approximate surface area is 164 Å². The average Bonchev–Trinajstić information content (AvgIpc) is 3.25. The summed E-state index contributed by atoms with van der Waals surface area (Å²) in [5.41, 5.74) is 2.68. The number of thiazole rings is 2. The molecule has 0 aliphatic rings. The molecule has 4 rings (SSSR count). The van der Waals surface area contributed by atoms with Crippen molar-refractivity contribution in [3.8, 4) is 11.3 Å². The van der Waals surface area contributed by atoms with Gasteiger partial charge in [-0.3, -0.25) is 0 Å². The van der Waals surface area contributed by atoms with E-state index in [2.05, 4.69) is 33.7 Å². The number of anilines is 2. The number of hydrogen-bond donors (Lipinski definition) is 1. The Balaban J connectivity index is 1.61. The van der Waals surface area contributed by atoms with Crippen molar-refractivity contribution in [1.82, 2.24) is 9.97 Å². The highest BCUT2D eigenvalue weighted by Crippen LogP contribution is 2.39. The van der Waals surface area contributed by atoms with E-state index in [1.165, 1.54) is 27.6 Å². The summed E-state index contributed by atoms with van der Waals surface area (Å²) in [4.78, 5) is 10.4. The molecule has 0 amide bonds. The lowest BCUT2D eigenvalue weighted by molar-refractivity contribution is 1.36. The molecule has 0 bridgehead atoms. The van der Waals surface area contributed by atoms with Crippen molar-refractivity contribution < 1.29 is 0 Å². The Bertz CT molecular complexity index is 1020. The van der Waals surface area contributed by atoms with E-state index in [1.54, 1.807) is 23.1 Å². The van der Waals surface area contributed by atoms with Crippen LogP contribution in [0.2, 0.25) is 8.67 Å². The highest BCUT2D eigenvalue weighted by molar-refractivity contribution is 7.98. The molecule has 0 unspecified atom stereocenters.